The SMILES string of the molecule is CCCC(NC(=O)[C@@H](CS(=O)(=O)CC1CC1)N[C@H](c1ccc(F)cc1)C(F)(F)F)C(=O)C(=O)NC1CC1. The topological polar surface area (TPSA) is 121 Å². The summed E-state index contributed by atoms with van der Waals surface area (Å²) in [5, 5.41) is 6.89. The van der Waals surface area contributed by atoms with Crippen molar-refractivity contribution in [1.82, 2.24) is 16.0 Å². The second-order valence-electron chi connectivity index (χ2n) is 9.73. The van der Waals surface area contributed by atoms with Gasteiger partial charge in [0, 0.05) is 6.04 Å². The number of carbonyl (C=O) groups is 3. The number of sulfone groups is 1. The number of hydrogen-bond acceptors (Lipinski definition) is 6. The van der Waals surface area contributed by atoms with Crippen LogP contribution in [0.2, 0.25) is 0 Å². The molecule has 3 atom stereocenters. The van der Waals surface area contributed by atoms with Gasteiger partial charge >= 0.3 is 6.18 Å². The van der Waals surface area contributed by atoms with Crippen LogP contribution in [0.3, 0.4) is 0 Å². The molecule has 2 amide bonds. The minimum atomic E-state index is -4.96. The zero-order valence-corrected chi connectivity index (χ0v) is 21.1. The zero-order valence-electron chi connectivity index (χ0n) is 20.3. The van der Waals surface area contributed by atoms with Crippen LogP contribution >= 0.6 is 0 Å². The van der Waals surface area contributed by atoms with Crippen molar-refractivity contribution < 1.29 is 40.4 Å². The zero-order chi connectivity index (χ0) is 27.4. The number of carbonyl (C=O) groups excluding carboxylic acids is 3. The third-order valence-electron chi connectivity index (χ3n) is 6.17. The molecule has 37 heavy (non-hydrogen) atoms. The number of nitrogens with one attached hydrogen (secondary N) is 3. The van der Waals surface area contributed by atoms with Gasteiger partial charge in [-0.1, -0.05) is 25.5 Å². The molecule has 2 aliphatic carbocycles. The van der Waals surface area contributed by atoms with E-state index in [0.29, 0.717) is 19.3 Å². The molecular formula is C24H31F4N3O5S. The molecule has 0 radical (unpaired) electrons. The van der Waals surface area contributed by atoms with Crippen LogP contribution in [-0.4, -0.2) is 61.8 Å². The van der Waals surface area contributed by atoms with Gasteiger partial charge in [-0.15, -0.1) is 0 Å². The van der Waals surface area contributed by atoms with Crippen molar-refractivity contribution in [1.29, 1.82) is 0 Å². The van der Waals surface area contributed by atoms with E-state index in [4.69, 9.17) is 0 Å². The maximum Gasteiger partial charge on any atom is 0.407 e. The lowest BCUT2D eigenvalue weighted by Gasteiger charge is -2.28. The number of benzene rings is 1. The number of amides is 2. The predicted molar refractivity (Wildman–Crippen MR) is 127 cm³/mol. The minimum Gasteiger partial charge on any atom is -0.347 e. The third kappa shape index (κ3) is 9.06. The summed E-state index contributed by atoms with van der Waals surface area (Å²) < 4.78 is 80.7. The molecule has 8 nitrogen and oxygen atoms in total. The highest BCUT2D eigenvalue weighted by atomic mass is 32.2. The van der Waals surface area contributed by atoms with E-state index in [1.54, 1.807) is 6.92 Å². The van der Waals surface area contributed by atoms with E-state index in [9.17, 15) is 40.4 Å². The summed E-state index contributed by atoms with van der Waals surface area (Å²) in [6.07, 6.45) is -1.77. The molecule has 0 bridgehead atoms. The molecular weight excluding hydrogens is 518 g/mol. The van der Waals surface area contributed by atoms with Gasteiger partial charge in [0.1, 0.15) is 17.9 Å². The lowest BCUT2D eigenvalue weighted by molar-refractivity contribution is -0.160. The van der Waals surface area contributed by atoms with Crippen LogP contribution in [-0.2, 0) is 24.2 Å². The average Bonchev–Trinajstić information content (AvgIpc) is 3.73. The van der Waals surface area contributed by atoms with Crippen LogP contribution in [0.25, 0.3) is 0 Å². The van der Waals surface area contributed by atoms with E-state index < -0.39 is 68.9 Å². The molecule has 13 heteroatoms. The Morgan fingerprint density at radius 3 is 2.16 bits per heavy atom. The maximum atomic E-state index is 14.0. The Balaban J connectivity index is 1.84. The van der Waals surface area contributed by atoms with E-state index in [1.165, 1.54) is 0 Å². The molecule has 1 unspecified atom stereocenters. The highest BCUT2D eigenvalue weighted by Gasteiger charge is 2.44. The van der Waals surface area contributed by atoms with Crippen molar-refractivity contribution in [3.8, 4) is 0 Å². The van der Waals surface area contributed by atoms with Crippen molar-refractivity contribution in [3.63, 3.8) is 0 Å². The van der Waals surface area contributed by atoms with Crippen LogP contribution in [0.5, 0.6) is 0 Å². The van der Waals surface area contributed by atoms with Crippen molar-refractivity contribution in [3.05, 3.63) is 35.6 Å². The number of rotatable bonds is 14. The number of ketones is 1. The minimum absolute atomic E-state index is 0.0326. The van der Waals surface area contributed by atoms with E-state index in [1.807, 2.05) is 0 Å². The van der Waals surface area contributed by atoms with Crippen LogP contribution in [0.15, 0.2) is 24.3 Å². The molecule has 206 valence electrons. The van der Waals surface area contributed by atoms with E-state index in [2.05, 4.69) is 16.0 Å². The maximum absolute atomic E-state index is 14.0. The van der Waals surface area contributed by atoms with Crippen molar-refractivity contribution in [2.24, 2.45) is 5.92 Å². The first-order valence-electron chi connectivity index (χ1n) is 12.2. The Morgan fingerprint density at radius 1 is 1.03 bits per heavy atom. The Kier molecular flexibility index (Phi) is 9.32. The van der Waals surface area contributed by atoms with Gasteiger partial charge in [0.2, 0.25) is 11.7 Å². The lowest BCUT2D eigenvalue weighted by atomic mass is 10.0. The summed E-state index contributed by atoms with van der Waals surface area (Å²) in [5.41, 5.74) is -0.420. The third-order valence-corrected chi connectivity index (χ3v) is 7.99. The Hall–Kier alpha value is -2.54. The van der Waals surface area contributed by atoms with Gasteiger partial charge < -0.3 is 10.6 Å². The van der Waals surface area contributed by atoms with Crippen molar-refractivity contribution >= 4 is 27.4 Å². The fourth-order valence-corrected chi connectivity index (χ4v) is 5.82. The lowest BCUT2D eigenvalue weighted by Crippen LogP contribution is -2.56. The second kappa shape index (κ2) is 11.9. The summed E-state index contributed by atoms with van der Waals surface area (Å²) in [6.45, 7) is 1.69. The van der Waals surface area contributed by atoms with Gasteiger partial charge in [0.15, 0.2) is 9.84 Å². The van der Waals surface area contributed by atoms with Crippen molar-refractivity contribution in [2.45, 2.75) is 75.8 Å². The first-order valence-corrected chi connectivity index (χ1v) is 14.0. The normalized spacial score (nSPS) is 18.5. The smallest absolute Gasteiger partial charge is 0.347 e. The van der Waals surface area contributed by atoms with E-state index in [0.717, 1.165) is 37.1 Å². The van der Waals surface area contributed by atoms with Crippen molar-refractivity contribution in [2.75, 3.05) is 11.5 Å². The molecule has 2 saturated carbocycles. The molecule has 1 aromatic carbocycles. The molecule has 0 saturated heterocycles. The fraction of sp³-hybridized carbons (Fsp3) is 0.625. The van der Waals surface area contributed by atoms with E-state index in [-0.39, 0.29) is 24.1 Å². The average molecular weight is 550 g/mol. The summed E-state index contributed by atoms with van der Waals surface area (Å²) >= 11 is 0. The molecule has 0 aliphatic heterocycles. The first-order chi connectivity index (χ1) is 17.3. The molecule has 0 heterocycles. The molecule has 1 aromatic rings. The fourth-order valence-electron chi connectivity index (χ4n) is 3.87. The molecule has 0 aromatic heterocycles. The van der Waals surface area contributed by atoms with Crippen LogP contribution in [0, 0.1) is 11.7 Å². The summed E-state index contributed by atoms with van der Waals surface area (Å²) in [7, 11) is -3.95. The Morgan fingerprint density at radius 2 is 1.65 bits per heavy atom. The van der Waals surface area contributed by atoms with Crippen LogP contribution < -0.4 is 16.0 Å². The van der Waals surface area contributed by atoms with Gasteiger partial charge in [0.25, 0.3) is 5.91 Å². The van der Waals surface area contributed by atoms with Gasteiger partial charge in [0.05, 0.1) is 17.5 Å². The quantitative estimate of drug-likeness (QED) is 0.242. The highest BCUT2D eigenvalue weighted by Crippen LogP contribution is 2.34. The van der Waals surface area contributed by atoms with Gasteiger partial charge in [-0.05, 0) is 55.7 Å². The van der Waals surface area contributed by atoms with Crippen LogP contribution in [0.1, 0.15) is 57.1 Å². The van der Waals surface area contributed by atoms with Gasteiger partial charge in [-0.3, -0.25) is 19.7 Å². The number of hydrogen-bond donors (Lipinski definition) is 3. The van der Waals surface area contributed by atoms with Crippen LogP contribution in [0.4, 0.5) is 17.6 Å². The monoisotopic (exact) mass is 549 g/mol. The van der Waals surface area contributed by atoms with Gasteiger partial charge in [-0.25, -0.2) is 12.8 Å². The number of Topliss-reactive ketones (excluding diaryl/α,β-unsaturated/α-hetero) is 1. The largest absolute Gasteiger partial charge is 0.407 e. The number of alkyl halides is 3. The molecule has 0 spiro atoms. The standard InChI is InChI=1S/C24H31F4N3O5S/c1-2-3-18(20(32)23(34)29-17-10-11-17)31-22(33)19(13-37(35,36)12-14-4-5-14)30-21(24(26,27)28)15-6-8-16(25)9-7-15/h6-9,14,17-19,21,30H,2-5,10-13H2,1H3,(H,29,34)(H,31,33)/t18?,19-,21-/m1/s1. The molecule has 3 rings (SSSR count). The highest BCUT2D eigenvalue weighted by molar-refractivity contribution is 7.91. The molecule has 2 aliphatic rings. The molecule has 2 fully saturated rings. The second-order valence-corrected chi connectivity index (χ2v) is 11.9. The summed E-state index contributed by atoms with van der Waals surface area (Å²) in [5.74, 6) is -5.10. The van der Waals surface area contributed by atoms with E-state index >= 15 is 0 Å². The first kappa shape index (κ1) is 29.0. The predicted octanol–water partition coefficient (Wildman–Crippen LogP) is 2.34. The Labute approximate surface area is 212 Å². The summed E-state index contributed by atoms with van der Waals surface area (Å²) in [6, 6.07) is -2.41. The van der Waals surface area contributed by atoms with Gasteiger partial charge in [-0.2, -0.15) is 13.2 Å². The molecule has 3 N–H and O–H groups in total. The Bertz CT molecular complexity index is 1090. The summed E-state index contributed by atoms with van der Waals surface area (Å²) in [4.78, 5) is 38.1. The number of halogens is 4.